The van der Waals surface area contributed by atoms with Crippen LogP contribution in [0.15, 0.2) is 55.2 Å². The second-order valence-electron chi connectivity index (χ2n) is 3.86. The van der Waals surface area contributed by atoms with Gasteiger partial charge >= 0.3 is 0 Å². The van der Waals surface area contributed by atoms with Crippen LogP contribution >= 0.6 is 0 Å². The van der Waals surface area contributed by atoms with Crippen LogP contribution in [0.4, 0.5) is 0 Å². The highest BCUT2D eigenvalue weighted by Crippen LogP contribution is 2.01. The van der Waals surface area contributed by atoms with Crippen molar-refractivity contribution < 1.29 is 0 Å². The molecule has 98 valence electrons. The van der Waals surface area contributed by atoms with Gasteiger partial charge in [0.25, 0.3) is 0 Å². The number of nitrogens with one attached hydrogen (secondary N) is 1. The molecule has 0 spiro atoms. The third-order valence-corrected chi connectivity index (χ3v) is 2.39. The van der Waals surface area contributed by atoms with E-state index in [1.807, 2.05) is 24.4 Å². The lowest BCUT2D eigenvalue weighted by atomic mass is 10.2. The van der Waals surface area contributed by atoms with E-state index < -0.39 is 0 Å². The van der Waals surface area contributed by atoms with E-state index in [-0.39, 0.29) is 0 Å². The minimum absolute atomic E-state index is 0.439. The number of aromatic nitrogens is 5. The molecule has 0 atom stereocenters. The maximum Gasteiger partial charge on any atom is 0.0962 e. The minimum Gasteiger partial charge on any atom is -0.351 e. The van der Waals surface area contributed by atoms with E-state index in [9.17, 15) is 0 Å². The van der Waals surface area contributed by atoms with Gasteiger partial charge in [0.15, 0.2) is 0 Å². The Kier molecular flexibility index (Phi) is 4.83. The van der Waals surface area contributed by atoms with Gasteiger partial charge in [-0.2, -0.15) is 0 Å². The number of hydrogen-bond donors (Lipinski definition) is 2. The summed E-state index contributed by atoms with van der Waals surface area (Å²) in [6.45, 7) is 1.18. The van der Waals surface area contributed by atoms with Gasteiger partial charge in [0.1, 0.15) is 0 Å². The van der Waals surface area contributed by atoms with Crippen LogP contribution in [0.3, 0.4) is 0 Å². The lowest BCUT2D eigenvalue weighted by molar-refractivity contribution is 0.649. The molecule has 1 aromatic carbocycles. The first-order chi connectivity index (χ1) is 9.38. The number of H-pyrrole nitrogens is 1. The molecule has 0 amide bonds. The smallest absolute Gasteiger partial charge is 0.0962 e. The quantitative estimate of drug-likeness (QED) is 0.737. The van der Waals surface area contributed by atoms with Gasteiger partial charge in [0.05, 0.1) is 24.8 Å². The molecule has 19 heavy (non-hydrogen) atoms. The molecule has 2 heterocycles. The maximum absolute atomic E-state index is 5.44. The Morgan fingerprint density at radius 2 is 2.05 bits per heavy atom. The van der Waals surface area contributed by atoms with Crippen LogP contribution in [-0.2, 0) is 13.1 Å². The van der Waals surface area contributed by atoms with Crippen molar-refractivity contribution in [2.75, 3.05) is 0 Å². The molecule has 0 aliphatic heterocycles. The van der Waals surface area contributed by atoms with Gasteiger partial charge in [-0.1, -0.05) is 35.5 Å². The molecule has 3 aromatic rings. The summed E-state index contributed by atoms with van der Waals surface area (Å²) in [5, 5.41) is 7.89. The van der Waals surface area contributed by atoms with Crippen LogP contribution in [0.2, 0.25) is 0 Å². The van der Waals surface area contributed by atoms with Crippen molar-refractivity contribution in [2.45, 2.75) is 13.1 Å². The summed E-state index contributed by atoms with van der Waals surface area (Å²) in [5.41, 5.74) is 7.47. The summed E-state index contributed by atoms with van der Waals surface area (Å²) >= 11 is 0. The number of nitrogens with zero attached hydrogens (tertiary/aromatic N) is 4. The number of imidazole rings is 1. The third kappa shape index (κ3) is 4.36. The molecule has 0 saturated heterocycles. The Morgan fingerprint density at radius 3 is 2.58 bits per heavy atom. The Labute approximate surface area is 111 Å². The van der Waals surface area contributed by atoms with E-state index in [0.29, 0.717) is 6.54 Å². The largest absolute Gasteiger partial charge is 0.351 e. The van der Waals surface area contributed by atoms with E-state index in [0.717, 1.165) is 12.2 Å². The molecule has 0 aliphatic carbocycles. The number of aromatic amines is 1. The molecule has 6 heteroatoms. The van der Waals surface area contributed by atoms with Gasteiger partial charge < -0.3 is 10.7 Å². The van der Waals surface area contributed by atoms with Crippen molar-refractivity contribution in [3.63, 3.8) is 0 Å². The first-order valence-electron chi connectivity index (χ1n) is 5.94. The molecule has 3 rings (SSSR count). The monoisotopic (exact) mass is 256 g/mol. The zero-order chi connectivity index (χ0) is 13.3. The minimum atomic E-state index is 0.439. The first kappa shape index (κ1) is 13.0. The summed E-state index contributed by atoms with van der Waals surface area (Å²) in [7, 11) is 0. The van der Waals surface area contributed by atoms with Crippen molar-refractivity contribution in [2.24, 2.45) is 5.73 Å². The average molecular weight is 256 g/mol. The predicted molar refractivity (Wildman–Crippen MR) is 72.0 cm³/mol. The van der Waals surface area contributed by atoms with E-state index in [1.54, 1.807) is 23.4 Å². The van der Waals surface area contributed by atoms with E-state index in [2.05, 4.69) is 32.4 Å². The molecular weight excluding hydrogens is 240 g/mol. The van der Waals surface area contributed by atoms with Gasteiger partial charge in [-0.15, -0.1) is 5.10 Å². The third-order valence-electron chi connectivity index (χ3n) is 2.39. The summed E-state index contributed by atoms with van der Waals surface area (Å²) in [5.74, 6) is 0. The average Bonchev–Trinajstić information content (AvgIpc) is 3.14. The molecule has 6 nitrogen and oxygen atoms in total. The van der Waals surface area contributed by atoms with Crippen molar-refractivity contribution in [3.8, 4) is 0 Å². The second kappa shape index (κ2) is 7.07. The standard InChI is InChI=1S/C10H12N4.C3H4N2/c11-6-10-8-14(13-12-10)7-9-4-2-1-3-5-9;1-2-5-3-4-1/h1-5,8H,6-7,11H2;1-3H,(H,4,5). The van der Waals surface area contributed by atoms with E-state index in [4.69, 9.17) is 5.73 Å². The summed E-state index contributed by atoms with van der Waals surface area (Å²) in [6.07, 6.45) is 6.95. The molecule has 0 saturated carbocycles. The van der Waals surface area contributed by atoms with Gasteiger partial charge in [-0.25, -0.2) is 9.67 Å². The van der Waals surface area contributed by atoms with Gasteiger partial charge in [-0.05, 0) is 5.56 Å². The Balaban J connectivity index is 0.000000224. The second-order valence-corrected chi connectivity index (χ2v) is 3.86. The van der Waals surface area contributed by atoms with Gasteiger partial charge in [0.2, 0.25) is 0 Å². The molecule has 0 aliphatic rings. The molecule has 0 bridgehead atoms. The zero-order valence-corrected chi connectivity index (χ0v) is 10.5. The summed E-state index contributed by atoms with van der Waals surface area (Å²) < 4.78 is 1.79. The highest BCUT2D eigenvalue weighted by Gasteiger charge is 1.98. The van der Waals surface area contributed by atoms with Crippen molar-refractivity contribution >= 4 is 0 Å². The molecular formula is C13H16N6. The highest BCUT2D eigenvalue weighted by molar-refractivity contribution is 5.14. The molecule has 0 unspecified atom stereocenters. The van der Waals surface area contributed by atoms with Crippen molar-refractivity contribution in [1.29, 1.82) is 0 Å². The Bertz CT molecular complexity index is 541. The molecule has 0 radical (unpaired) electrons. The Morgan fingerprint density at radius 1 is 1.21 bits per heavy atom. The van der Waals surface area contributed by atoms with Crippen LogP contribution in [0.5, 0.6) is 0 Å². The molecule has 2 aromatic heterocycles. The number of nitrogens with two attached hydrogens (primary N) is 1. The lowest BCUT2D eigenvalue weighted by Crippen LogP contribution is -2.00. The van der Waals surface area contributed by atoms with E-state index >= 15 is 0 Å². The fourth-order valence-electron chi connectivity index (χ4n) is 1.49. The van der Waals surface area contributed by atoms with Crippen LogP contribution < -0.4 is 5.73 Å². The fourth-order valence-corrected chi connectivity index (χ4v) is 1.49. The SMILES string of the molecule is NCc1cn(Cc2ccccc2)nn1.c1c[nH]cn1. The van der Waals surface area contributed by atoms with Gasteiger partial charge in [-0.3, -0.25) is 0 Å². The van der Waals surface area contributed by atoms with Crippen LogP contribution in [0, 0.1) is 0 Å². The summed E-state index contributed by atoms with van der Waals surface area (Å²) in [4.78, 5) is 6.42. The topological polar surface area (TPSA) is 85.4 Å². The normalized spacial score (nSPS) is 9.74. The van der Waals surface area contributed by atoms with Gasteiger partial charge in [0, 0.05) is 18.9 Å². The highest BCUT2D eigenvalue weighted by atomic mass is 15.4. The molecule has 3 N–H and O–H groups in total. The van der Waals surface area contributed by atoms with Crippen molar-refractivity contribution in [1.82, 2.24) is 25.0 Å². The number of hydrogen-bond acceptors (Lipinski definition) is 4. The number of rotatable bonds is 3. The van der Waals surface area contributed by atoms with Crippen LogP contribution in [0.25, 0.3) is 0 Å². The first-order valence-corrected chi connectivity index (χ1v) is 5.94. The van der Waals surface area contributed by atoms with Crippen molar-refractivity contribution in [3.05, 3.63) is 66.5 Å². The summed E-state index contributed by atoms with van der Waals surface area (Å²) in [6, 6.07) is 10.1. The number of benzene rings is 1. The predicted octanol–water partition coefficient (Wildman–Crippen LogP) is 1.19. The lowest BCUT2D eigenvalue weighted by Gasteiger charge is -1.98. The maximum atomic E-state index is 5.44. The zero-order valence-electron chi connectivity index (χ0n) is 10.5. The van der Waals surface area contributed by atoms with Crippen LogP contribution in [-0.4, -0.2) is 25.0 Å². The molecule has 0 fully saturated rings. The fraction of sp³-hybridized carbons (Fsp3) is 0.154. The van der Waals surface area contributed by atoms with E-state index in [1.165, 1.54) is 5.56 Å². The Hall–Kier alpha value is -2.47. The van der Waals surface area contributed by atoms with Crippen LogP contribution in [0.1, 0.15) is 11.3 Å².